The lowest BCUT2D eigenvalue weighted by molar-refractivity contribution is -0.188. The molecule has 3 aliphatic rings. The lowest BCUT2D eigenvalue weighted by atomic mass is 9.78. The molecule has 34 heavy (non-hydrogen) atoms. The van der Waals surface area contributed by atoms with Gasteiger partial charge in [-0.1, -0.05) is 30.3 Å². The monoisotopic (exact) mass is 482 g/mol. The molecule has 1 saturated heterocycles. The van der Waals surface area contributed by atoms with Crippen molar-refractivity contribution in [3.8, 4) is 0 Å². The van der Waals surface area contributed by atoms with E-state index in [1.54, 1.807) is 7.11 Å². The Labute approximate surface area is 198 Å². The first-order valence-electron chi connectivity index (χ1n) is 11.9. The third kappa shape index (κ3) is 5.25. The van der Waals surface area contributed by atoms with Crippen LogP contribution in [0.4, 0.5) is 13.2 Å². The predicted octanol–water partition coefficient (Wildman–Crippen LogP) is 3.62. The van der Waals surface area contributed by atoms with Crippen LogP contribution in [0.25, 0.3) is 0 Å². The van der Waals surface area contributed by atoms with Gasteiger partial charge in [-0.25, -0.2) is 0 Å². The molecular formula is C25H33F3N2O4. The molecule has 9 heteroatoms. The molecule has 4 rings (SSSR count). The Morgan fingerprint density at radius 1 is 1.09 bits per heavy atom. The van der Waals surface area contributed by atoms with Crippen LogP contribution in [0, 0.1) is 10.8 Å². The number of hydrogen-bond acceptors (Lipinski definition) is 5. The maximum Gasteiger partial charge on any atom is 0.471 e. The Morgan fingerprint density at radius 2 is 1.74 bits per heavy atom. The zero-order chi connectivity index (χ0) is 24.6. The fourth-order valence-corrected chi connectivity index (χ4v) is 5.51. The second-order valence-corrected chi connectivity index (χ2v) is 10.2. The van der Waals surface area contributed by atoms with Crippen LogP contribution in [0.2, 0.25) is 0 Å². The first-order chi connectivity index (χ1) is 16.1. The Bertz CT molecular complexity index is 880. The van der Waals surface area contributed by atoms with Crippen molar-refractivity contribution in [1.29, 1.82) is 0 Å². The van der Waals surface area contributed by atoms with Gasteiger partial charge in [0.05, 0.1) is 19.1 Å². The lowest BCUT2D eigenvalue weighted by Crippen LogP contribution is -2.53. The minimum absolute atomic E-state index is 0.0170. The molecule has 0 spiro atoms. The van der Waals surface area contributed by atoms with E-state index in [-0.39, 0.29) is 25.0 Å². The number of benzene rings is 1. The number of rotatable bonds is 9. The van der Waals surface area contributed by atoms with Gasteiger partial charge in [-0.3, -0.25) is 9.59 Å². The van der Waals surface area contributed by atoms with E-state index < -0.39 is 29.0 Å². The fourth-order valence-electron chi connectivity index (χ4n) is 5.51. The van der Waals surface area contributed by atoms with Crippen LogP contribution in [0.1, 0.15) is 43.6 Å². The van der Waals surface area contributed by atoms with Gasteiger partial charge in [0.2, 0.25) is 0 Å². The first kappa shape index (κ1) is 25.0. The van der Waals surface area contributed by atoms with Crippen LogP contribution in [0.3, 0.4) is 0 Å². The third-order valence-electron chi connectivity index (χ3n) is 7.76. The number of piperidine rings is 1. The summed E-state index contributed by atoms with van der Waals surface area (Å²) in [6, 6.07) is 8.94. The summed E-state index contributed by atoms with van der Waals surface area (Å²) in [5, 5.41) is 0. The average Bonchev–Trinajstić information content (AvgIpc) is 3.74. The van der Waals surface area contributed by atoms with Crippen molar-refractivity contribution in [3.63, 3.8) is 0 Å². The first-order valence-corrected chi connectivity index (χ1v) is 11.9. The highest BCUT2D eigenvalue weighted by Crippen LogP contribution is 2.50. The molecule has 1 aromatic carbocycles. The molecular weight excluding hydrogens is 449 g/mol. The third-order valence-corrected chi connectivity index (χ3v) is 7.76. The van der Waals surface area contributed by atoms with Gasteiger partial charge < -0.3 is 19.3 Å². The molecule has 0 radical (unpaired) electrons. The normalized spacial score (nSPS) is 25.4. The minimum Gasteiger partial charge on any atom is -0.469 e. The number of likely N-dealkylation sites (tertiary alicyclic amines) is 1. The Morgan fingerprint density at radius 3 is 2.26 bits per heavy atom. The molecule has 0 N–H and O–H groups in total. The van der Waals surface area contributed by atoms with Crippen LogP contribution in [0.15, 0.2) is 30.3 Å². The molecule has 0 unspecified atom stereocenters. The quantitative estimate of drug-likeness (QED) is 0.504. The summed E-state index contributed by atoms with van der Waals surface area (Å²) in [4.78, 5) is 27.9. The van der Waals surface area contributed by atoms with Gasteiger partial charge in [-0.15, -0.1) is 0 Å². The summed E-state index contributed by atoms with van der Waals surface area (Å²) < 4.78 is 51.1. The molecule has 6 nitrogen and oxygen atoms in total. The van der Waals surface area contributed by atoms with Crippen LogP contribution in [0.5, 0.6) is 0 Å². The van der Waals surface area contributed by atoms with Crippen molar-refractivity contribution in [3.05, 3.63) is 35.9 Å². The number of carbonyl (C=O) groups excluding carboxylic acids is 2. The number of carbonyl (C=O) groups is 2. The molecule has 0 bridgehead atoms. The van der Waals surface area contributed by atoms with E-state index in [0.717, 1.165) is 23.3 Å². The van der Waals surface area contributed by atoms with Crippen molar-refractivity contribution in [2.45, 2.75) is 50.2 Å². The zero-order valence-corrected chi connectivity index (χ0v) is 19.8. The van der Waals surface area contributed by atoms with Gasteiger partial charge in [0.15, 0.2) is 0 Å². The maximum absolute atomic E-state index is 13.6. The highest BCUT2D eigenvalue weighted by Gasteiger charge is 2.55. The molecule has 1 heterocycles. The summed E-state index contributed by atoms with van der Waals surface area (Å²) in [7, 11) is 2.94. The summed E-state index contributed by atoms with van der Waals surface area (Å²) in [6.45, 7) is 2.19. The van der Waals surface area contributed by atoms with Gasteiger partial charge in [0, 0.05) is 37.6 Å². The van der Waals surface area contributed by atoms with Crippen LogP contribution in [-0.4, -0.2) is 80.9 Å². The number of ether oxygens (including phenoxy) is 2. The molecule has 188 valence electrons. The average molecular weight is 483 g/mol. The van der Waals surface area contributed by atoms with E-state index in [0.29, 0.717) is 38.9 Å². The number of alkyl halides is 3. The standard InChI is InChI=1S/C25H33F3N2O4/c1-33-17-23(10-12-29(13-11-23)16-24(8-9-24)22(32)34-2)15-30(21(31)25(26,27)28)20-14-19(20)18-6-4-3-5-7-18/h3-7,19-20H,8-17H2,1-2H3/t19-,20+/m0/s1. The van der Waals surface area contributed by atoms with E-state index in [9.17, 15) is 22.8 Å². The summed E-state index contributed by atoms with van der Waals surface area (Å²) in [6.07, 6.45) is -1.59. The second-order valence-electron chi connectivity index (χ2n) is 10.2. The van der Waals surface area contributed by atoms with Crippen molar-refractivity contribution in [2.75, 3.05) is 47.0 Å². The van der Waals surface area contributed by atoms with Gasteiger partial charge in [0.25, 0.3) is 0 Å². The van der Waals surface area contributed by atoms with Crippen LogP contribution in [-0.2, 0) is 19.1 Å². The fraction of sp³-hybridized carbons (Fsp3) is 0.680. The number of esters is 1. The van der Waals surface area contributed by atoms with Crippen molar-refractivity contribution in [2.24, 2.45) is 10.8 Å². The summed E-state index contributed by atoms with van der Waals surface area (Å²) in [5.41, 5.74) is -0.0379. The molecule has 1 aromatic rings. The van der Waals surface area contributed by atoms with E-state index in [2.05, 4.69) is 4.90 Å². The summed E-state index contributed by atoms with van der Waals surface area (Å²) in [5.74, 6) is -2.04. The maximum atomic E-state index is 13.6. The van der Waals surface area contributed by atoms with E-state index in [1.165, 1.54) is 7.11 Å². The van der Waals surface area contributed by atoms with Crippen molar-refractivity contribution in [1.82, 2.24) is 9.80 Å². The largest absolute Gasteiger partial charge is 0.471 e. The SMILES string of the molecule is COCC1(CN(C(=O)C(F)(F)F)[C@@H]2C[C@H]2c2ccccc2)CCN(CC2(C(=O)OC)CC2)CC1. The van der Waals surface area contributed by atoms with Crippen molar-refractivity contribution < 1.29 is 32.2 Å². The number of nitrogens with zero attached hydrogens (tertiary/aromatic N) is 2. The molecule has 2 atom stereocenters. The van der Waals surface area contributed by atoms with Gasteiger partial charge in [0.1, 0.15) is 0 Å². The summed E-state index contributed by atoms with van der Waals surface area (Å²) >= 11 is 0. The minimum atomic E-state index is -4.92. The van der Waals surface area contributed by atoms with E-state index in [4.69, 9.17) is 9.47 Å². The molecule has 3 fully saturated rings. The molecule has 1 aliphatic heterocycles. The Balaban J connectivity index is 1.46. The Kier molecular flexibility index (Phi) is 6.97. The zero-order valence-electron chi connectivity index (χ0n) is 19.8. The predicted molar refractivity (Wildman–Crippen MR) is 119 cm³/mol. The lowest BCUT2D eigenvalue weighted by Gasteiger charge is -2.45. The highest BCUT2D eigenvalue weighted by molar-refractivity contribution is 5.83. The smallest absolute Gasteiger partial charge is 0.469 e. The molecule has 1 amide bonds. The number of hydrogen-bond donors (Lipinski definition) is 0. The van der Waals surface area contributed by atoms with Gasteiger partial charge in [-0.05, 0) is 50.8 Å². The number of methoxy groups -OCH3 is 2. The van der Waals surface area contributed by atoms with E-state index >= 15 is 0 Å². The second kappa shape index (κ2) is 9.49. The van der Waals surface area contributed by atoms with Crippen LogP contribution < -0.4 is 0 Å². The number of amides is 1. The van der Waals surface area contributed by atoms with Crippen molar-refractivity contribution >= 4 is 11.9 Å². The molecule has 2 saturated carbocycles. The van der Waals surface area contributed by atoms with Gasteiger partial charge >= 0.3 is 18.1 Å². The molecule has 0 aromatic heterocycles. The number of halogens is 3. The van der Waals surface area contributed by atoms with E-state index in [1.807, 2.05) is 30.3 Å². The molecule has 2 aliphatic carbocycles. The Hall–Kier alpha value is -2.13. The van der Waals surface area contributed by atoms with Gasteiger partial charge in [-0.2, -0.15) is 13.2 Å². The topological polar surface area (TPSA) is 59.1 Å². The van der Waals surface area contributed by atoms with Crippen LogP contribution >= 0.6 is 0 Å². The highest BCUT2D eigenvalue weighted by atomic mass is 19.4.